The Labute approximate surface area is 140 Å². The molecule has 24 heavy (non-hydrogen) atoms. The van der Waals surface area contributed by atoms with Crippen molar-refractivity contribution in [1.29, 1.82) is 0 Å². The van der Waals surface area contributed by atoms with Crippen LogP contribution in [0.5, 0.6) is 0 Å². The minimum atomic E-state index is -0.334. The van der Waals surface area contributed by atoms with Crippen LogP contribution in [-0.2, 0) is 7.05 Å². The van der Waals surface area contributed by atoms with E-state index in [-0.39, 0.29) is 17.8 Å². The number of nitrogens with one attached hydrogen (secondary N) is 1. The normalized spacial score (nSPS) is 25.7. The lowest BCUT2D eigenvalue weighted by Crippen LogP contribution is -2.57. The molecule has 0 radical (unpaired) electrons. The molecule has 5 nitrogen and oxygen atoms in total. The second-order valence-corrected chi connectivity index (χ2v) is 6.74. The lowest BCUT2D eigenvalue weighted by atomic mass is 9.84. The van der Waals surface area contributed by atoms with Crippen molar-refractivity contribution in [2.45, 2.75) is 18.9 Å². The molecule has 3 aliphatic rings. The van der Waals surface area contributed by atoms with Crippen LogP contribution in [0.15, 0.2) is 30.5 Å². The third-order valence-corrected chi connectivity index (χ3v) is 5.31. The van der Waals surface area contributed by atoms with Gasteiger partial charge in [-0.15, -0.1) is 0 Å². The molecule has 3 aliphatic heterocycles. The molecule has 0 saturated carbocycles. The van der Waals surface area contributed by atoms with Crippen molar-refractivity contribution in [1.82, 2.24) is 19.8 Å². The average Bonchev–Trinajstić information content (AvgIpc) is 2.97. The van der Waals surface area contributed by atoms with Gasteiger partial charge in [0.15, 0.2) is 0 Å². The zero-order valence-electron chi connectivity index (χ0n) is 13.7. The quantitative estimate of drug-likeness (QED) is 0.938. The number of fused-ring (bicyclic) bond motifs is 3. The molecule has 3 fully saturated rings. The van der Waals surface area contributed by atoms with E-state index < -0.39 is 0 Å². The molecule has 1 atom stereocenters. The van der Waals surface area contributed by atoms with Gasteiger partial charge in [0.25, 0.3) is 5.91 Å². The second kappa shape index (κ2) is 6.02. The van der Waals surface area contributed by atoms with E-state index in [0.717, 1.165) is 38.2 Å². The molecule has 0 aromatic carbocycles. The Balaban J connectivity index is 1.53. The summed E-state index contributed by atoms with van der Waals surface area (Å²) in [6.07, 6.45) is 3.76. The lowest BCUT2D eigenvalue weighted by molar-refractivity contribution is 0.0616. The standard InChI is InChI=1S/C18H21FN4O/c1-22-16(14-10-13(19)4-7-20-14)2-3-17(22)18(24)21-15-11-23-8-5-12(15)6-9-23/h2-4,7,10,12,15H,5-6,8-9,11H2,1H3,(H,21,24)/t15-/m0/s1. The molecular weight excluding hydrogens is 307 g/mol. The molecule has 5 rings (SSSR count). The average molecular weight is 328 g/mol. The minimum absolute atomic E-state index is 0.0705. The number of halogens is 1. The summed E-state index contributed by atoms with van der Waals surface area (Å²) in [5.74, 6) is 0.182. The highest BCUT2D eigenvalue weighted by atomic mass is 19.1. The SMILES string of the molecule is Cn1c(C(=O)N[C@H]2CN3CCC2CC3)ccc1-c1cc(F)ccn1. The number of carbonyl (C=O) groups excluding carboxylic acids is 1. The fourth-order valence-electron chi connectivity index (χ4n) is 3.91. The lowest BCUT2D eigenvalue weighted by Gasteiger charge is -2.44. The first kappa shape index (κ1) is 15.3. The highest BCUT2D eigenvalue weighted by Crippen LogP contribution is 2.28. The van der Waals surface area contributed by atoms with E-state index >= 15 is 0 Å². The van der Waals surface area contributed by atoms with E-state index in [4.69, 9.17) is 0 Å². The van der Waals surface area contributed by atoms with Crippen LogP contribution in [-0.4, -0.2) is 46.0 Å². The van der Waals surface area contributed by atoms with Crippen LogP contribution >= 0.6 is 0 Å². The van der Waals surface area contributed by atoms with Crippen molar-refractivity contribution < 1.29 is 9.18 Å². The number of carbonyl (C=O) groups is 1. The third-order valence-electron chi connectivity index (χ3n) is 5.31. The Morgan fingerprint density at radius 3 is 2.75 bits per heavy atom. The monoisotopic (exact) mass is 328 g/mol. The number of pyridine rings is 1. The Bertz CT molecular complexity index is 764. The van der Waals surface area contributed by atoms with Crippen LogP contribution in [0.4, 0.5) is 4.39 Å². The van der Waals surface area contributed by atoms with E-state index in [9.17, 15) is 9.18 Å². The van der Waals surface area contributed by atoms with Gasteiger partial charge >= 0.3 is 0 Å². The fraction of sp³-hybridized carbons (Fsp3) is 0.444. The summed E-state index contributed by atoms with van der Waals surface area (Å²) in [5.41, 5.74) is 1.83. The number of hydrogen-bond donors (Lipinski definition) is 1. The molecule has 2 aromatic rings. The summed E-state index contributed by atoms with van der Waals surface area (Å²) >= 11 is 0. The van der Waals surface area contributed by atoms with Gasteiger partial charge in [0.2, 0.25) is 0 Å². The van der Waals surface area contributed by atoms with Gasteiger partial charge in [0, 0.05) is 31.9 Å². The molecule has 5 heterocycles. The summed E-state index contributed by atoms with van der Waals surface area (Å²) < 4.78 is 15.2. The van der Waals surface area contributed by atoms with Gasteiger partial charge < -0.3 is 14.8 Å². The van der Waals surface area contributed by atoms with E-state index in [1.807, 2.05) is 13.1 Å². The van der Waals surface area contributed by atoms with Crippen LogP contribution in [0.2, 0.25) is 0 Å². The van der Waals surface area contributed by atoms with Gasteiger partial charge in [-0.25, -0.2) is 4.39 Å². The van der Waals surface area contributed by atoms with E-state index in [1.165, 1.54) is 18.3 Å². The molecule has 1 N–H and O–H groups in total. The Morgan fingerprint density at radius 1 is 1.29 bits per heavy atom. The van der Waals surface area contributed by atoms with Gasteiger partial charge in [-0.2, -0.15) is 0 Å². The topological polar surface area (TPSA) is 50.2 Å². The molecule has 3 saturated heterocycles. The van der Waals surface area contributed by atoms with Crippen molar-refractivity contribution >= 4 is 5.91 Å². The van der Waals surface area contributed by atoms with Crippen LogP contribution in [0.1, 0.15) is 23.3 Å². The number of aromatic nitrogens is 2. The number of nitrogens with zero attached hydrogens (tertiary/aromatic N) is 3. The Hall–Kier alpha value is -2.21. The van der Waals surface area contributed by atoms with Crippen molar-refractivity contribution in [3.63, 3.8) is 0 Å². The zero-order chi connectivity index (χ0) is 16.7. The number of amides is 1. The van der Waals surface area contributed by atoms with E-state index in [2.05, 4.69) is 15.2 Å². The molecule has 1 amide bonds. The third kappa shape index (κ3) is 2.71. The Kier molecular flexibility index (Phi) is 3.84. The first-order valence-corrected chi connectivity index (χ1v) is 8.42. The largest absolute Gasteiger partial charge is 0.346 e. The van der Waals surface area contributed by atoms with Crippen molar-refractivity contribution in [2.24, 2.45) is 13.0 Å². The molecule has 2 aromatic heterocycles. The van der Waals surface area contributed by atoms with Crippen molar-refractivity contribution in [3.05, 3.63) is 42.0 Å². The molecule has 0 aliphatic carbocycles. The predicted molar refractivity (Wildman–Crippen MR) is 89.0 cm³/mol. The van der Waals surface area contributed by atoms with Gasteiger partial charge in [0.1, 0.15) is 11.5 Å². The van der Waals surface area contributed by atoms with Crippen LogP contribution in [0.25, 0.3) is 11.4 Å². The maximum absolute atomic E-state index is 13.4. The first-order valence-electron chi connectivity index (χ1n) is 8.42. The summed E-state index contributed by atoms with van der Waals surface area (Å²) in [6.45, 7) is 3.24. The molecule has 6 heteroatoms. The highest BCUT2D eigenvalue weighted by molar-refractivity contribution is 5.94. The van der Waals surface area contributed by atoms with Crippen LogP contribution < -0.4 is 5.32 Å². The maximum atomic E-state index is 13.4. The highest BCUT2D eigenvalue weighted by Gasteiger charge is 2.35. The number of rotatable bonds is 3. The first-order chi connectivity index (χ1) is 11.6. The molecule has 2 bridgehead atoms. The summed E-state index contributed by atoms with van der Waals surface area (Å²) in [5, 5.41) is 3.19. The summed E-state index contributed by atoms with van der Waals surface area (Å²) in [4.78, 5) is 19.3. The number of piperidine rings is 3. The van der Waals surface area contributed by atoms with E-state index in [1.54, 1.807) is 10.6 Å². The van der Waals surface area contributed by atoms with Crippen LogP contribution in [0.3, 0.4) is 0 Å². The summed E-state index contributed by atoms with van der Waals surface area (Å²) in [6, 6.07) is 6.51. The molecule has 0 spiro atoms. The van der Waals surface area contributed by atoms with Gasteiger partial charge in [-0.1, -0.05) is 0 Å². The maximum Gasteiger partial charge on any atom is 0.268 e. The van der Waals surface area contributed by atoms with Gasteiger partial charge in [0.05, 0.1) is 11.4 Å². The predicted octanol–water partition coefficient (Wildman–Crippen LogP) is 2.05. The Morgan fingerprint density at radius 2 is 2.08 bits per heavy atom. The number of hydrogen-bond acceptors (Lipinski definition) is 3. The van der Waals surface area contributed by atoms with Crippen molar-refractivity contribution in [3.8, 4) is 11.4 Å². The van der Waals surface area contributed by atoms with Gasteiger partial charge in [-0.05, 0) is 50.0 Å². The fourth-order valence-corrected chi connectivity index (χ4v) is 3.91. The minimum Gasteiger partial charge on any atom is -0.346 e. The van der Waals surface area contributed by atoms with E-state index in [0.29, 0.717) is 17.3 Å². The molecule has 126 valence electrons. The summed E-state index contributed by atoms with van der Waals surface area (Å²) in [7, 11) is 1.81. The van der Waals surface area contributed by atoms with Crippen molar-refractivity contribution in [2.75, 3.05) is 19.6 Å². The zero-order valence-corrected chi connectivity index (χ0v) is 13.7. The van der Waals surface area contributed by atoms with Crippen LogP contribution in [0, 0.1) is 11.7 Å². The smallest absolute Gasteiger partial charge is 0.268 e. The molecular formula is C18H21FN4O. The molecule has 0 unspecified atom stereocenters. The van der Waals surface area contributed by atoms with Gasteiger partial charge in [-0.3, -0.25) is 9.78 Å². The second-order valence-electron chi connectivity index (χ2n) is 6.74.